The highest BCUT2D eigenvalue weighted by atomic mass is 16.6. The fourth-order valence-electron chi connectivity index (χ4n) is 2.48. The Labute approximate surface area is 118 Å². The van der Waals surface area contributed by atoms with Crippen LogP contribution in [0.4, 0.5) is 0 Å². The largest absolute Gasteiger partial charge is 0.465 e. The number of hydrogen-bond acceptors (Lipinski definition) is 6. The summed E-state index contributed by atoms with van der Waals surface area (Å²) in [5, 5.41) is 11.2. The van der Waals surface area contributed by atoms with Gasteiger partial charge in [0, 0.05) is 25.6 Å². The molecule has 4 unspecified atom stereocenters. The van der Waals surface area contributed by atoms with Gasteiger partial charge in [0.15, 0.2) is 0 Å². The molecule has 1 aliphatic carbocycles. The van der Waals surface area contributed by atoms with E-state index in [1.54, 1.807) is 21.0 Å². The van der Waals surface area contributed by atoms with Gasteiger partial charge in [0.25, 0.3) is 0 Å². The highest BCUT2D eigenvalue weighted by Crippen LogP contribution is 2.30. The Bertz CT molecular complexity index is 346. The van der Waals surface area contributed by atoms with Gasteiger partial charge in [-0.15, -0.1) is 0 Å². The van der Waals surface area contributed by atoms with Gasteiger partial charge in [-0.1, -0.05) is 13.8 Å². The molecule has 0 aromatic carbocycles. The van der Waals surface area contributed by atoms with E-state index in [2.05, 4.69) is 0 Å². The van der Waals surface area contributed by atoms with Gasteiger partial charge in [0.05, 0.1) is 24.0 Å². The summed E-state index contributed by atoms with van der Waals surface area (Å²) < 4.78 is 15.7. The van der Waals surface area contributed by atoms with Crippen LogP contribution in [0.15, 0.2) is 0 Å². The third-order valence-corrected chi connectivity index (χ3v) is 3.76. The lowest BCUT2D eigenvalue weighted by Gasteiger charge is -2.35. The van der Waals surface area contributed by atoms with Crippen LogP contribution in [-0.4, -0.2) is 50.0 Å². The predicted octanol–water partition coefficient (Wildman–Crippen LogP) is 1.27. The molecule has 0 aliphatic heterocycles. The molecule has 7 heteroatoms. The fraction of sp³-hybridized carbons (Fsp3) is 0.923. The number of esters is 1. The molecule has 0 amide bonds. The summed E-state index contributed by atoms with van der Waals surface area (Å²) in [6.45, 7) is 3.51. The smallest absolute Gasteiger partial charge is 0.308 e. The molecule has 1 aliphatic rings. The van der Waals surface area contributed by atoms with Crippen molar-refractivity contribution in [2.75, 3.05) is 20.8 Å². The molecule has 0 spiro atoms. The Hall–Kier alpha value is -1.21. The van der Waals surface area contributed by atoms with Crippen LogP contribution in [0.3, 0.4) is 0 Å². The molecule has 0 bridgehead atoms. The van der Waals surface area contributed by atoms with Crippen molar-refractivity contribution in [2.24, 2.45) is 11.8 Å². The topological polar surface area (TPSA) is 87.9 Å². The number of methoxy groups -OCH3 is 2. The van der Waals surface area contributed by atoms with Gasteiger partial charge in [-0.05, 0) is 6.42 Å². The zero-order valence-electron chi connectivity index (χ0n) is 12.4. The normalized spacial score (nSPS) is 30.2. The first kappa shape index (κ1) is 16.8. The summed E-state index contributed by atoms with van der Waals surface area (Å²) in [5.74, 6) is -0.920. The fourth-order valence-corrected chi connectivity index (χ4v) is 2.48. The quantitative estimate of drug-likeness (QED) is 0.415. The zero-order valence-corrected chi connectivity index (χ0v) is 12.4. The second-order valence-corrected chi connectivity index (χ2v) is 5.42. The SMILES string of the molecule is COC1CC(COC(=O)C(C)C)C([N+](=O)[O-])CC1OC. The van der Waals surface area contributed by atoms with E-state index >= 15 is 0 Å². The minimum absolute atomic E-state index is 0.0545. The van der Waals surface area contributed by atoms with Gasteiger partial charge in [0.1, 0.15) is 6.61 Å². The highest BCUT2D eigenvalue weighted by Gasteiger charge is 2.44. The van der Waals surface area contributed by atoms with Crippen LogP contribution >= 0.6 is 0 Å². The highest BCUT2D eigenvalue weighted by molar-refractivity contribution is 5.71. The lowest BCUT2D eigenvalue weighted by Crippen LogP contribution is -2.48. The molecule has 0 aromatic rings. The second kappa shape index (κ2) is 7.54. The van der Waals surface area contributed by atoms with Gasteiger partial charge >= 0.3 is 5.97 Å². The van der Waals surface area contributed by atoms with Gasteiger partial charge in [-0.3, -0.25) is 14.9 Å². The Balaban J connectivity index is 2.70. The van der Waals surface area contributed by atoms with Gasteiger partial charge in [-0.2, -0.15) is 0 Å². The van der Waals surface area contributed by atoms with Crippen LogP contribution in [0.25, 0.3) is 0 Å². The summed E-state index contributed by atoms with van der Waals surface area (Å²) in [6, 6.07) is -0.772. The molecule has 0 saturated heterocycles. The van der Waals surface area contributed by atoms with Gasteiger partial charge in [-0.25, -0.2) is 0 Å². The number of nitrogens with zero attached hydrogens (tertiary/aromatic N) is 1. The van der Waals surface area contributed by atoms with E-state index in [9.17, 15) is 14.9 Å². The molecule has 0 N–H and O–H groups in total. The van der Waals surface area contributed by atoms with E-state index in [4.69, 9.17) is 14.2 Å². The average molecular weight is 289 g/mol. The lowest BCUT2D eigenvalue weighted by atomic mass is 9.81. The number of ether oxygens (including phenoxy) is 3. The molecule has 116 valence electrons. The minimum atomic E-state index is -0.772. The van der Waals surface area contributed by atoms with Crippen molar-refractivity contribution >= 4 is 5.97 Å². The molecular formula is C13H23NO6. The third-order valence-electron chi connectivity index (χ3n) is 3.76. The molecule has 4 atom stereocenters. The van der Waals surface area contributed by atoms with Gasteiger partial charge < -0.3 is 14.2 Å². The van der Waals surface area contributed by atoms with Crippen LogP contribution in [-0.2, 0) is 19.0 Å². The molecule has 0 aromatic heterocycles. The summed E-state index contributed by atoms with van der Waals surface area (Å²) in [4.78, 5) is 22.3. The number of nitro groups is 1. The average Bonchev–Trinajstić information content (AvgIpc) is 2.43. The van der Waals surface area contributed by atoms with Crippen molar-refractivity contribution in [3.63, 3.8) is 0 Å². The van der Waals surface area contributed by atoms with E-state index < -0.39 is 6.04 Å². The Morgan fingerprint density at radius 2 is 1.80 bits per heavy atom. The summed E-state index contributed by atoms with van der Waals surface area (Å²) >= 11 is 0. The van der Waals surface area contributed by atoms with Crippen molar-refractivity contribution < 1.29 is 23.9 Å². The first-order valence-corrected chi connectivity index (χ1v) is 6.76. The maximum absolute atomic E-state index is 11.5. The summed E-state index contributed by atoms with van der Waals surface area (Å²) in [5.41, 5.74) is 0. The van der Waals surface area contributed by atoms with E-state index in [1.807, 2.05) is 0 Å². The third kappa shape index (κ3) is 4.14. The second-order valence-electron chi connectivity index (χ2n) is 5.42. The van der Waals surface area contributed by atoms with Crippen molar-refractivity contribution in [2.45, 2.75) is 44.9 Å². The minimum Gasteiger partial charge on any atom is -0.465 e. The number of hydrogen-bond donors (Lipinski definition) is 0. The van der Waals surface area contributed by atoms with Crippen LogP contribution in [0.2, 0.25) is 0 Å². The molecule has 0 radical (unpaired) electrons. The first-order chi connectivity index (χ1) is 9.40. The van der Waals surface area contributed by atoms with Crippen molar-refractivity contribution in [3.05, 3.63) is 10.1 Å². The lowest BCUT2D eigenvalue weighted by molar-refractivity contribution is -0.540. The Morgan fingerprint density at radius 3 is 2.25 bits per heavy atom. The van der Waals surface area contributed by atoms with Crippen molar-refractivity contribution in [1.82, 2.24) is 0 Å². The summed E-state index contributed by atoms with van der Waals surface area (Å²) in [7, 11) is 3.08. The Kier molecular flexibility index (Phi) is 6.35. The van der Waals surface area contributed by atoms with Crippen molar-refractivity contribution in [1.29, 1.82) is 0 Å². The maximum Gasteiger partial charge on any atom is 0.308 e. The van der Waals surface area contributed by atoms with E-state index in [1.165, 1.54) is 7.11 Å². The van der Waals surface area contributed by atoms with Crippen LogP contribution < -0.4 is 0 Å². The van der Waals surface area contributed by atoms with Crippen LogP contribution in [0.5, 0.6) is 0 Å². The van der Waals surface area contributed by atoms with E-state index in [0.717, 1.165) is 0 Å². The van der Waals surface area contributed by atoms with Crippen molar-refractivity contribution in [3.8, 4) is 0 Å². The first-order valence-electron chi connectivity index (χ1n) is 6.76. The van der Waals surface area contributed by atoms with E-state index in [-0.39, 0.29) is 48.0 Å². The molecule has 20 heavy (non-hydrogen) atoms. The molecule has 1 fully saturated rings. The summed E-state index contributed by atoms with van der Waals surface area (Å²) in [6.07, 6.45) is 0.212. The molecule has 7 nitrogen and oxygen atoms in total. The molecular weight excluding hydrogens is 266 g/mol. The molecule has 0 heterocycles. The van der Waals surface area contributed by atoms with Gasteiger partial charge in [0.2, 0.25) is 6.04 Å². The number of carbonyl (C=O) groups is 1. The number of carbonyl (C=O) groups excluding carboxylic acids is 1. The Morgan fingerprint density at radius 1 is 1.25 bits per heavy atom. The maximum atomic E-state index is 11.5. The number of rotatable bonds is 6. The monoisotopic (exact) mass is 289 g/mol. The molecule has 1 rings (SSSR count). The van der Waals surface area contributed by atoms with Crippen LogP contribution in [0, 0.1) is 22.0 Å². The predicted molar refractivity (Wildman–Crippen MR) is 70.9 cm³/mol. The zero-order chi connectivity index (χ0) is 15.3. The van der Waals surface area contributed by atoms with E-state index in [0.29, 0.717) is 6.42 Å². The van der Waals surface area contributed by atoms with Crippen LogP contribution in [0.1, 0.15) is 26.7 Å². The standard InChI is InChI=1S/C13H23NO6/c1-8(2)13(15)20-7-9-5-11(18-3)12(19-4)6-10(9)14(16)17/h8-12H,5-7H2,1-4H3. The molecule has 1 saturated carbocycles.